The third kappa shape index (κ3) is 6.24. The molecule has 8 nitrogen and oxygen atoms in total. The van der Waals surface area contributed by atoms with Gasteiger partial charge in [-0.05, 0) is 42.4 Å². The standard InChI is InChI=1S/C22H31FN4O4/c1-22(2,3)13-26(11-14-4-5-14)19(20(24)29)21(30)25-15-6-7-17(16(23)10-15)27-8-9-31-12-18(27)28/h6-7,10,14,19H,4-5,8-9,11-13H2,1-3H3,(H2,24,29)(H,25,30)/t19-/m1/s1. The van der Waals surface area contributed by atoms with Crippen molar-refractivity contribution in [2.24, 2.45) is 17.1 Å². The summed E-state index contributed by atoms with van der Waals surface area (Å²) < 4.78 is 19.8. The number of nitrogens with one attached hydrogen (secondary N) is 1. The number of nitrogens with two attached hydrogens (primary N) is 1. The molecular weight excluding hydrogens is 403 g/mol. The molecule has 1 aliphatic carbocycles. The van der Waals surface area contributed by atoms with Gasteiger partial charge in [-0.2, -0.15) is 0 Å². The Kier molecular flexibility index (Phi) is 6.96. The van der Waals surface area contributed by atoms with Crippen molar-refractivity contribution in [2.45, 2.75) is 39.7 Å². The summed E-state index contributed by atoms with van der Waals surface area (Å²) in [5.41, 5.74) is 5.79. The van der Waals surface area contributed by atoms with E-state index in [1.807, 2.05) is 25.7 Å². The van der Waals surface area contributed by atoms with E-state index in [4.69, 9.17) is 10.5 Å². The summed E-state index contributed by atoms with van der Waals surface area (Å²) in [5.74, 6) is -1.84. The van der Waals surface area contributed by atoms with Crippen LogP contribution in [0.2, 0.25) is 0 Å². The Morgan fingerprint density at radius 1 is 1.35 bits per heavy atom. The van der Waals surface area contributed by atoms with Crippen LogP contribution in [0, 0.1) is 17.2 Å². The minimum atomic E-state index is -1.15. The highest BCUT2D eigenvalue weighted by Gasteiger charge is 2.37. The van der Waals surface area contributed by atoms with Crippen molar-refractivity contribution >= 4 is 29.1 Å². The van der Waals surface area contributed by atoms with E-state index < -0.39 is 23.7 Å². The number of hydrogen-bond acceptors (Lipinski definition) is 5. The van der Waals surface area contributed by atoms with E-state index in [2.05, 4.69) is 5.32 Å². The van der Waals surface area contributed by atoms with Crippen LogP contribution < -0.4 is 16.0 Å². The fourth-order valence-electron chi connectivity index (χ4n) is 3.76. The molecule has 0 aromatic heterocycles. The average Bonchev–Trinajstić information content (AvgIpc) is 3.45. The third-order valence-corrected chi connectivity index (χ3v) is 5.24. The van der Waals surface area contributed by atoms with Crippen LogP contribution in [0.1, 0.15) is 33.6 Å². The zero-order valence-corrected chi connectivity index (χ0v) is 18.3. The molecule has 1 saturated carbocycles. The summed E-state index contributed by atoms with van der Waals surface area (Å²) in [6.45, 7) is 7.73. The summed E-state index contributed by atoms with van der Waals surface area (Å²) in [4.78, 5) is 40.3. The molecule has 0 bridgehead atoms. The molecule has 2 fully saturated rings. The number of ether oxygens (including phenoxy) is 1. The minimum absolute atomic E-state index is 0.0944. The molecule has 1 aliphatic heterocycles. The number of amides is 3. The average molecular weight is 435 g/mol. The van der Waals surface area contributed by atoms with Gasteiger partial charge in [0.15, 0.2) is 6.04 Å². The highest BCUT2D eigenvalue weighted by molar-refractivity contribution is 6.09. The molecule has 9 heteroatoms. The summed E-state index contributed by atoms with van der Waals surface area (Å²) in [6, 6.07) is 2.93. The van der Waals surface area contributed by atoms with Gasteiger partial charge in [0.25, 0.3) is 11.8 Å². The number of benzene rings is 1. The van der Waals surface area contributed by atoms with Crippen LogP contribution in [0.5, 0.6) is 0 Å². The summed E-state index contributed by atoms with van der Waals surface area (Å²) in [5, 5.41) is 2.62. The van der Waals surface area contributed by atoms with Gasteiger partial charge in [0, 0.05) is 25.3 Å². The highest BCUT2D eigenvalue weighted by Crippen LogP contribution is 2.32. The van der Waals surface area contributed by atoms with Gasteiger partial charge in [-0.25, -0.2) is 4.39 Å². The normalized spacial score (nSPS) is 18.2. The summed E-state index contributed by atoms with van der Waals surface area (Å²) >= 11 is 0. The molecule has 2 aliphatic rings. The van der Waals surface area contributed by atoms with Crippen molar-refractivity contribution in [3.8, 4) is 0 Å². The Morgan fingerprint density at radius 2 is 2.06 bits per heavy atom. The molecule has 1 atom stereocenters. The van der Waals surface area contributed by atoms with Gasteiger partial charge in [-0.3, -0.25) is 19.3 Å². The highest BCUT2D eigenvalue weighted by atomic mass is 19.1. The molecule has 170 valence electrons. The number of hydrogen-bond donors (Lipinski definition) is 2. The van der Waals surface area contributed by atoms with Crippen molar-refractivity contribution < 1.29 is 23.5 Å². The van der Waals surface area contributed by atoms with Crippen LogP contribution in [0.4, 0.5) is 15.8 Å². The van der Waals surface area contributed by atoms with Crippen LogP contribution >= 0.6 is 0 Å². The number of carbonyl (C=O) groups excluding carboxylic acids is 3. The first-order valence-corrected chi connectivity index (χ1v) is 10.6. The Labute approximate surface area is 181 Å². The number of nitrogens with zero attached hydrogens (tertiary/aromatic N) is 2. The van der Waals surface area contributed by atoms with Crippen molar-refractivity contribution in [3.05, 3.63) is 24.0 Å². The number of carbonyl (C=O) groups is 3. The zero-order chi connectivity index (χ0) is 22.8. The van der Waals surface area contributed by atoms with Crippen LogP contribution in [0.3, 0.4) is 0 Å². The van der Waals surface area contributed by atoms with E-state index in [1.54, 1.807) is 0 Å². The smallest absolute Gasteiger partial charge is 0.253 e. The fraction of sp³-hybridized carbons (Fsp3) is 0.591. The molecule has 1 heterocycles. The Bertz CT molecular complexity index is 850. The van der Waals surface area contributed by atoms with E-state index in [0.717, 1.165) is 18.9 Å². The van der Waals surface area contributed by atoms with Gasteiger partial charge in [-0.15, -0.1) is 0 Å². The molecule has 1 aromatic carbocycles. The van der Waals surface area contributed by atoms with Gasteiger partial charge < -0.3 is 20.7 Å². The van der Waals surface area contributed by atoms with E-state index in [0.29, 0.717) is 25.6 Å². The predicted molar refractivity (Wildman–Crippen MR) is 115 cm³/mol. The van der Waals surface area contributed by atoms with Crippen LogP contribution in [0.15, 0.2) is 18.2 Å². The van der Waals surface area contributed by atoms with Gasteiger partial charge in [0.1, 0.15) is 12.4 Å². The third-order valence-electron chi connectivity index (χ3n) is 5.24. The SMILES string of the molecule is CC(C)(C)CN(CC1CC1)[C@H](C(N)=O)C(=O)Nc1ccc(N2CCOCC2=O)c(F)c1. The summed E-state index contributed by atoms with van der Waals surface area (Å²) in [6.07, 6.45) is 2.14. The van der Waals surface area contributed by atoms with Crippen molar-refractivity contribution in [1.82, 2.24) is 4.90 Å². The Hall–Kier alpha value is -2.52. The fourth-order valence-corrected chi connectivity index (χ4v) is 3.76. The minimum Gasteiger partial charge on any atom is -0.370 e. The molecule has 1 aromatic rings. The molecule has 31 heavy (non-hydrogen) atoms. The van der Waals surface area contributed by atoms with Crippen LogP contribution in [-0.2, 0) is 19.1 Å². The Balaban J connectivity index is 1.76. The number of halogens is 1. The van der Waals surface area contributed by atoms with Crippen molar-refractivity contribution in [2.75, 3.05) is 43.1 Å². The number of anilines is 2. The lowest BCUT2D eigenvalue weighted by Gasteiger charge is -2.34. The maximum absolute atomic E-state index is 14.7. The lowest BCUT2D eigenvalue weighted by Crippen LogP contribution is -2.54. The predicted octanol–water partition coefficient (Wildman–Crippen LogP) is 1.74. The van der Waals surface area contributed by atoms with Crippen molar-refractivity contribution in [3.63, 3.8) is 0 Å². The molecule has 0 radical (unpaired) electrons. The molecule has 0 spiro atoms. The quantitative estimate of drug-likeness (QED) is 0.607. The molecule has 3 N–H and O–H groups in total. The van der Waals surface area contributed by atoms with Crippen molar-refractivity contribution in [1.29, 1.82) is 0 Å². The van der Waals surface area contributed by atoms with Crippen LogP contribution in [0.25, 0.3) is 0 Å². The molecular formula is C22H31FN4O4. The van der Waals surface area contributed by atoms with Gasteiger partial charge in [0.2, 0.25) is 5.91 Å². The second-order valence-electron chi connectivity index (χ2n) is 9.49. The largest absolute Gasteiger partial charge is 0.370 e. The number of primary amides is 1. The first-order chi connectivity index (χ1) is 14.5. The Morgan fingerprint density at radius 3 is 2.61 bits per heavy atom. The second-order valence-corrected chi connectivity index (χ2v) is 9.49. The topological polar surface area (TPSA) is 105 Å². The number of rotatable bonds is 8. The van der Waals surface area contributed by atoms with E-state index in [9.17, 15) is 18.8 Å². The van der Waals surface area contributed by atoms with Gasteiger partial charge >= 0.3 is 0 Å². The molecule has 1 saturated heterocycles. The van der Waals surface area contributed by atoms with Gasteiger partial charge in [0.05, 0.1) is 12.3 Å². The van der Waals surface area contributed by atoms with Crippen LogP contribution in [-0.4, -0.2) is 61.5 Å². The zero-order valence-electron chi connectivity index (χ0n) is 18.3. The van der Waals surface area contributed by atoms with E-state index in [1.165, 1.54) is 17.0 Å². The lowest BCUT2D eigenvalue weighted by molar-refractivity contribution is -0.133. The second kappa shape index (κ2) is 9.32. The molecule has 3 amide bonds. The molecule has 0 unspecified atom stereocenters. The summed E-state index contributed by atoms with van der Waals surface area (Å²) in [7, 11) is 0. The lowest BCUT2D eigenvalue weighted by atomic mass is 9.94. The monoisotopic (exact) mass is 434 g/mol. The van der Waals surface area contributed by atoms with Gasteiger partial charge in [-0.1, -0.05) is 20.8 Å². The van der Waals surface area contributed by atoms with E-state index in [-0.39, 0.29) is 35.8 Å². The maximum atomic E-state index is 14.7. The van der Waals surface area contributed by atoms with E-state index >= 15 is 0 Å². The number of morpholine rings is 1. The first kappa shape index (κ1) is 23.1. The maximum Gasteiger partial charge on any atom is 0.253 e. The first-order valence-electron chi connectivity index (χ1n) is 10.6. The molecule has 3 rings (SSSR count).